The third-order valence-corrected chi connectivity index (χ3v) is 3.80. The monoisotopic (exact) mass is 314 g/mol. The molecule has 4 heteroatoms. The minimum Gasteiger partial charge on any atom is -0.496 e. The number of hydrogen-bond acceptors (Lipinski definition) is 4. The Balaban J connectivity index is 2.64. The summed E-state index contributed by atoms with van der Waals surface area (Å²) in [5, 5.41) is 0. The van der Waals surface area contributed by atoms with E-state index in [1.54, 1.807) is 28.3 Å². The number of rotatable bonds is 7. The molecule has 0 radical (unpaired) electrons. The maximum absolute atomic E-state index is 11.8. The average Bonchev–Trinajstić information content (AvgIpc) is 2.59. The number of ketones is 1. The predicted molar refractivity (Wildman–Crippen MR) is 89.7 cm³/mol. The summed E-state index contributed by atoms with van der Waals surface area (Å²) >= 11 is 0. The summed E-state index contributed by atoms with van der Waals surface area (Å²) in [5.41, 5.74) is 1.90. The smallest absolute Gasteiger partial charge is 0.130 e. The Morgan fingerprint density at radius 3 is 1.96 bits per heavy atom. The molecule has 2 rings (SSSR count). The molecule has 0 aliphatic heterocycles. The van der Waals surface area contributed by atoms with Gasteiger partial charge in [-0.05, 0) is 12.5 Å². The number of benzene rings is 2. The molecule has 0 amide bonds. The molecule has 2 aromatic rings. The summed E-state index contributed by atoms with van der Waals surface area (Å²) < 4.78 is 16.4. The fourth-order valence-corrected chi connectivity index (χ4v) is 2.74. The summed E-state index contributed by atoms with van der Waals surface area (Å²) in [5.74, 6) is 1.92. The van der Waals surface area contributed by atoms with Gasteiger partial charge in [-0.25, -0.2) is 0 Å². The van der Waals surface area contributed by atoms with Gasteiger partial charge in [0.15, 0.2) is 0 Å². The molecule has 1 atom stereocenters. The van der Waals surface area contributed by atoms with Crippen molar-refractivity contribution in [1.29, 1.82) is 0 Å². The van der Waals surface area contributed by atoms with Crippen molar-refractivity contribution < 1.29 is 19.0 Å². The normalized spacial score (nSPS) is 11.7. The van der Waals surface area contributed by atoms with Crippen molar-refractivity contribution in [2.75, 3.05) is 21.3 Å². The van der Waals surface area contributed by atoms with Crippen LogP contribution in [0.2, 0.25) is 0 Å². The summed E-state index contributed by atoms with van der Waals surface area (Å²) in [6.45, 7) is 1.60. The highest BCUT2D eigenvalue weighted by Crippen LogP contribution is 2.43. The zero-order chi connectivity index (χ0) is 16.8. The molecule has 0 heterocycles. The van der Waals surface area contributed by atoms with Crippen molar-refractivity contribution in [1.82, 2.24) is 0 Å². The lowest BCUT2D eigenvalue weighted by molar-refractivity contribution is -0.117. The Bertz CT molecular complexity index is 639. The van der Waals surface area contributed by atoms with Crippen LogP contribution in [0.4, 0.5) is 0 Å². The van der Waals surface area contributed by atoms with E-state index < -0.39 is 0 Å². The highest BCUT2D eigenvalue weighted by atomic mass is 16.5. The fraction of sp³-hybridized carbons (Fsp3) is 0.316. The standard InChI is InChI=1S/C19H22O4/c1-13(20)10-16(14-8-6-5-7-9-14)19-17(22-3)11-15(21-2)12-18(19)23-4/h5-9,11-12,16H,10H2,1-4H3/t16-/m0/s1. The molecule has 0 unspecified atom stereocenters. The Hall–Kier alpha value is -2.49. The highest BCUT2D eigenvalue weighted by Gasteiger charge is 2.25. The Kier molecular flexibility index (Phi) is 5.63. The lowest BCUT2D eigenvalue weighted by Gasteiger charge is -2.23. The SMILES string of the molecule is COc1cc(OC)c([C@@H](CC(C)=O)c2ccccc2)c(OC)c1. The van der Waals surface area contributed by atoms with Gasteiger partial charge in [0.25, 0.3) is 0 Å². The summed E-state index contributed by atoms with van der Waals surface area (Å²) in [6, 6.07) is 13.5. The van der Waals surface area contributed by atoms with Gasteiger partial charge in [0.05, 0.1) is 21.3 Å². The summed E-state index contributed by atoms with van der Waals surface area (Å²) in [6.07, 6.45) is 0.378. The van der Waals surface area contributed by atoms with Crippen molar-refractivity contribution in [3.05, 3.63) is 53.6 Å². The molecule has 23 heavy (non-hydrogen) atoms. The van der Waals surface area contributed by atoms with E-state index >= 15 is 0 Å². The maximum Gasteiger partial charge on any atom is 0.130 e. The minimum atomic E-state index is -0.135. The van der Waals surface area contributed by atoms with Gasteiger partial charge in [-0.1, -0.05) is 30.3 Å². The van der Waals surface area contributed by atoms with Gasteiger partial charge in [0.2, 0.25) is 0 Å². The van der Waals surface area contributed by atoms with Gasteiger partial charge in [-0.2, -0.15) is 0 Å². The van der Waals surface area contributed by atoms with Crippen LogP contribution in [0.3, 0.4) is 0 Å². The van der Waals surface area contributed by atoms with Crippen LogP contribution in [-0.2, 0) is 4.79 Å². The first-order valence-electron chi connectivity index (χ1n) is 7.45. The van der Waals surface area contributed by atoms with Crippen LogP contribution in [0.1, 0.15) is 30.4 Å². The van der Waals surface area contributed by atoms with Gasteiger partial charge < -0.3 is 14.2 Å². The molecule has 0 aromatic heterocycles. The molecule has 0 saturated heterocycles. The molecular formula is C19H22O4. The zero-order valence-electron chi connectivity index (χ0n) is 14.0. The van der Waals surface area contributed by atoms with Gasteiger partial charge in [0, 0.05) is 30.0 Å². The van der Waals surface area contributed by atoms with E-state index in [0.717, 1.165) is 11.1 Å². The van der Waals surface area contributed by atoms with Crippen molar-refractivity contribution >= 4 is 5.78 Å². The number of Topliss-reactive ketones (excluding diaryl/α,β-unsaturated/α-hetero) is 1. The molecule has 0 saturated carbocycles. The van der Waals surface area contributed by atoms with Crippen LogP contribution in [0.5, 0.6) is 17.2 Å². The topological polar surface area (TPSA) is 44.8 Å². The van der Waals surface area contributed by atoms with Crippen LogP contribution >= 0.6 is 0 Å². The van der Waals surface area contributed by atoms with Gasteiger partial charge >= 0.3 is 0 Å². The molecule has 0 aliphatic rings. The first-order chi connectivity index (χ1) is 11.1. The second-order valence-electron chi connectivity index (χ2n) is 5.32. The third kappa shape index (κ3) is 3.83. The molecule has 0 spiro atoms. The number of carbonyl (C=O) groups is 1. The van der Waals surface area contributed by atoms with E-state index in [1.165, 1.54) is 0 Å². The molecule has 0 fully saturated rings. The Morgan fingerprint density at radius 1 is 0.957 bits per heavy atom. The Labute approximate surface area is 137 Å². The van der Waals surface area contributed by atoms with Gasteiger partial charge in [-0.3, -0.25) is 4.79 Å². The van der Waals surface area contributed by atoms with E-state index in [4.69, 9.17) is 14.2 Å². The molecule has 4 nitrogen and oxygen atoms in total. The summed E-state index contributed by atoms with van der Waals surface area (Å²) in [7, 11) is 4.80. The van der Waals surface area contributed by atoms with Gasteiger partial charge in [-0.15, -0.1) is 0 Å². The van der Waals surface area contributed by atoms with Crippen LogP contribution in [0.15, 0.2) is 42.5 Å². The van der Waals surface area contributed by atoms with Gasteiger partial charge in [0.1, 0.15) is 23.0 Å². The average molecular weight is 314 g/mol. The number of methoxy groups -OCH3 is 3. The molecule has 2 aromatic carbocycles. The van der Waals surface area contributed by atoms with Crippen LogP contribution in [-0.4, -0.2) is 27.1 Å². The fourth-order valence-electron chi connectivity index (χ4n) is 2.74. The maximum atomic E-state index is 11.8. The quantitative estimate of drug-likeness (QED) is 0.779. The molecular weight excluding hydrogens is 292 g/mol. The van der Waals surface area contributed by atoms with E-state index in [0.29, 0.717) is 23.7 Å². The number of hydrogen-bond donors (Lipinski definition) is 0. The number of carbonyl (C=O) groups excluding carboxylic acids is 1. The van der Waals surface area contributed by atoms with Crippen molar-refractivity contribution in [3.8, 4) is 17.2 Å². The predicted octanol–water partition coefficient (Wildman–Crippen LogP) is 3.82. The number of ether oxygens (including phenoxy) is 3. The van der Waals surface area contributed by atoms with Crippen molar-refractivity contribution in [2.24, 2.45) is 0 Å². The Morgan fingerprint density at radius 2 is 1.52 bits per heavy atom. The molecule has 0 bridgehead atoms. The van der Waals surface area contributed by atoms with Crippen LogP contribution < -0.4 is 14.2 Å². The second-order valence-corrected chi connectivity index (χ2v) is 5.32. The van der Waals surface area contributed by atoms with E-state index in [9.17, 15) is 4.79 Å². The third-order valence-electron chi connectivity index (χ3n) is 3.80. The zero-order valence-corrected chi connectivity index (χ0v) is 14.0. The van der Waals surface area contributed by atoms with E-state index in [-0.39, 0.29) is 11.7 Å². The lowest BCUT2D eigenvalue weighted by Crippen LogP contribution is -2.10. The van der Waals surface area contributed by atoms with E-state index in [2.05, 4.69) is 0 Å². The van der Waals surface area contributed by atoms with Crippen LogP contribution in [0.25, 0.3) is 0 Å². The largest absolute Gasteiger partial charge is 0.496 e. The highest BCUT2D eigenvalue weighted by molar-refractivity contribution is 5.77. The first-order valence-corrected chi connectivity index (χ1v) is 7.45. The van der Waals surface area contributed by atoms with Crippen molar-refractivity contribution in [2.45, 2.75) is 19.3 Å². The molecule has 122 valence electrons. The first kappa shape index (κ1) is 16.9. The van der Waals surface area contributed by atoms with Crippen molar-refractivity contribution in [3.63, 3.8) is 0 Å². The minimum absolute atomic E-state index is 0.110. The van der Waals surface area contributed by atoms with Crippen LogP contribution in [0, 0.1) is 0 Å². The summed E-state index contributed by atoms with van der Waals surface area (Å²) in [4.78, 5) is 11.8. The molecule has 0 aliphatic carbocycles. The second kappa shape index (κ2) is 7.68. The lowest BCUT2D eigenvalue weighted by atomic mass is 9.86. The molecule has 0 N–H and O–H groups in total. The van der Waals surface area contributed by atoms with E-state index in [1.807, 2.05) is 42.5 Å².